The number of aryl methyl sites for hydroxylation is 2. The van der Waals surface area contributed by atoms with Crippen LogP contribution in [0.3, 0.4) is 0 Å². The molecule has 0 aliphatic carbocycles. The zero-order valence-electron chi connectivity index (χ0n) is 17.9. The fourth-order valence-corrected chi connectivity index (χ4v) is 4.20. The highest BCUT2D eigenvalue weighted by Crippen LogP contribution is 2.24. The van der Waals surface area contributed by atoms with Crippen molar-refractivity contribution < 1.29 is 19.1 Å². The van der Waals surface area contributed by atoms with Crippen LogP contribution in [0.25, 0.3) is 0 Å². The van der Waals surface area contributed by atoms with Crippen LogP contribution in [0.15, 0.2) is 30.5 Å². The van der Waals surface area contributed by atoms with Gasteiger partial charge in [-0.1, -0.05) is 12.1 Å². The minimum atomic E-state index is -1.26. The predicted octanol–water partition coefficient (Wildman–Crippen LogP) is 1.69. The number of urea groups is 1. The fraction of sp³-hybridized carbons (Fsp3) is 0.391. The molecule has 3 N–H and O–H groups in total. The summed E-state index contributed by atoms with van der Waals surface area (Å²) in [4.78, 5) is 41.3. The molecule has 1 aromatic heterocycles. The highest BCUT2D eigenvalue weighted by atomic mass is 16.5. The lowest BCUT2D eigenvalue weighted by Crippen LogP contribution is -2.67. The summed E-state index contributed by atoms with van der Waals surface area (Å²) in [5.41, 5.74) is 4.92. The predicted molar refractivity (Wildman–Crippen MR) is 114 cm³/mol. The van der Waals surface area contributed by atoms with Gasteiger partial charge in [-0.15, -0.1) is 0 Å². The summed E-state index contributed by atoms with van der Waals surface area (Å²) in [7, 11) is 0. The molecule has 2 aromatic rings. The molecule has 31 heavy (non-hydrogen) atoms. The molecule has 2 atom stereocenters. The van der Waals surface area contributed by atoms with E-state index in [0.29, 0.717) is 18.6 Å². The third-order valence-electron chi connectivity index (χ3n) is 6.27. The van der Waals surface area contributed by atoms with Crippen LogP contribution in [0.5, 0.6) is 0 Å². The summed E-state index contributed by atoms with van der Waals surface area (Å²) in [5.74, 6) is -0.768. The van der Waals surface area contributed by atoms with Crippen molar-refractivity contribution in [3.8, 4) is 0 Å². The monoisotopic (exact) mass is 422 g/mol. The van der Waals surface area contributed by atoms with Gasteiger partial charge in [-0.05, 0) is 68.0 Å². The zero-order valence-corrected chi connectivity index (χ0v) is 17.9. The van der Waals surface area contributed by atoms with Gasteiger partial charge in [0.05, 0.1) is 12.6 Å². The summed E-state index contributed by atoms with van der Waals surface area (Å²) in [5, 5.41) is 7.78. The number of benzene rings is 1. The number of pyridine rings is 1. The van der Waals surface area contributed by atoms with Crippen molar-refractivity contribution in [2.45, 2.75) is 45.2 Å². The number of carbonyl (C=O) groups excluding carboxylic acids is 3. The van der Waals surface area contributed by atoms with Gasteiger partial charge in [0, 0.05) is 24.1 Å². The fourth-order valence-electron chi connectivity index (χ4n) is 4.20. The van der Waals surface area contributed by atoms with Crippen molar-refractivity contribution in [2.24, 2.45) is 0 Å². The standard InChI is InChI=1S/C23H26N4O4/c1-13-11-24-15(3)14(2)18(13)10-16-4-6-17(7-5-16)20(28)25-19-8-9-31-12-23(19)21(29)26-22(30)27-23/h4-7,11,19H,8-10,12H2,1-3H3,(H,25,28)(H2,26,27,29,30)/t19-,23+/m1/s1. The Morgan fingerprint density at radius 1 is 1.23 bits per heavy atom. The Morgan fingerprint density at radius 2 is 1.97 bits per heavy atom. The van der Waals surface area contributed by atoms with E-state index in [1.165, 1.54) is 11.1 Å². The largest absolute Gasteiger partial charge is 0.378 e. The molecule has 2 aliphatic heterocycles. The summed E-state index contributed by atoms with van der Waals surface area (Å²) < 4.78 is 5.41. The number of hydrogen-bond acceptors (Lipinski definition) is 5. The van der Waals surface area contributed by atoms with E-state index in [-0.39, 0.29) is 12.5 Å². The van der Waals surface area contributed by atoms with Crippen molar-refractivity contribution in [3.63, 3.8) is 0 Å². The van der Waals surface area contributed by atoms with E-state index >= 15 is 0 Å². The van der Waals surface area contributed by atoms with E-state index < -0.39 is 23.5 Å². The molecule has 8 heteroatoms. The number of hydrogen-bond donors (Lipinski definition) is 3. The molecular formula is C23H26N4O4. The Labute approximate surface area is 180 Å². The topological polar surface area (TPSA) is 109 Å². The van der Waals surface area contributed by atoms with E-state index in [2.05, 4.69) is 34.8 Å². The molecule has 3 heterocycles. The Hall–Kier alpha value is -3.26. The van der Waals surface area contributed by atoms with Crippen LogP contribution in [0.1, 0.15) is 44.7 Å². The normalized spacial score (nSPS) is 22.9. The molecule has 2 saturated heterocycles. The SMILES string of the molecule is Cc1cnc(C)c(C)c1Cc1ccc(C(=O)N[C@@H]2CCOC[C@]23NC(=O)NC3=O)cc1. The Morgan fingerprint density at radius 3 is 2.65 bits per heavy atom. The summed E-state index contributed by atoms with van der Waals surface area (Å²) in [6.07, 6.45) is 3.08. The molecule has 0 radical (unpaired) electrons. The maximum atomic E-state index is 12.9. The second-order valence-electron chi connectivity index (χ2n) is 8.25. The average molecular weight is 422 g/mol. The van der Waals surface area contributed by atoms with E-state index in [1.54, 1.807) is 12.1 Å². The number of nitrogens with one attached hydrogen (secondary N) is 3. The van der Waals surface area contributed by atoms with E-state index in [9.17, 15) is 14.4 Å². The summed E-state index contributed by atoms with van der Waals surface area (Å²) >= 11 is 0. The molecule has 2 aliphatic rings. The van der Waals surface area contributed by atoms with Crippen molar-refractivity contribution in [1.82, 2.24) is 20.9 Å². The lowest BCUT2D eigenvalue weighted by atomic mass is 9.86. The van der Waals surface area contributed by atoms with Crippen LogP contribution in [-0.2, 0) is 16.0 Å². The highest BCUT2D eigenvalue weighted by molar-refractivity contribution is 6.08. The number of nitrogens with zero attached hydrogens (tertiary/aromatic N) is 1. The molecular weight excluding hydrogens is 396 g/mol. The minimum absolute atomic E-state index is 0.0263. The van der Waals surface area contributed by atoms with Gasteiger partial charge in [0.1, 0.15) is 0 Å². The average Bonchev–Trinajstić information content (AvgIpc) is 3.03. The number of imide groups is 1. The van der Waals surface area contributed by atoms with Crippen LogP contribution in [0.2, 0.25) is 0 Å². The summed E-state index contributed by atoms with van der Waals surface area (Å²) in [6.45, 7) is 6.56. The molecule has 0 bridgehead atoms. The van der Waals surface area contributed by atoms with E-state index in [1.807, 2.05) is 25.3 Å². The van der Waals surface area contributed by atoms with Gasteiger partial charge in [0.2, 0.25) is 0 Å². The van der Waals surface area contributed by atoms with Crippen LogP contribution in [0, 0.1) is 20.8 Å². The third-order valence-corrected chi connectivity index (χ3v) is 6.27. The van der Waals surface area contributed by atoms with Gasteiger partial charge in [-0.2, -0.15) is 0 Å². The molecule has 0 unspecified atom stereocenters. The van der Waals surface area contributed by atoms with Crippen LogP contribution >= 0.6 is 0 Å². The van der Waals surface area contributed by atoms with Gasteiger partial charge in [-0.25, -0.2) is 4.79 Å². The molecule has 4 rings (SSSR count). The Bertz CT molecular complexity index is 1050. The first-order valence-corrected chi connectivity index (χ1v) is 10.3. The number of rotatable bonds is 4. The van der Waals surface area contributed by atoms with Gasteiger partial charge in [-0.3, -0.25) is 19.9 Å². The van der Waals surface area contributed by atoms with Gasteiger partial charge in [0.15, 0.2) is 5.54 Å². The molecule has 8 nitrogen and oxygen atoms in total. The second-order valence-corrected chi connectivity index (χ2v) is 8.25. The number of carbonyl (C=O) groups is 3. The molecule has 0 saturated carbocycles. The van der Waals surface area contributed by atoms with E-state index in [4.69, 9.17) is 4.74 Å². The second kappa shape index (κ2) is 8.11. The lowest BCUT2D eigenvalue weighted by Gasteiger charge is -2.38. The van der Waals surface area contributed by atoms with Crippen LogP contribution in [0.4, 0.5) is 4.79 Å². The quantitative estimate of drug-likeness (QED) is 0.650. The smallest absolute Gasteiger partial charge is 0.322 e. The molecule has 4 amide bonds. The number of ether oxygens (including phenoxy) is 1. The van der Waals surface area contributed by atoms with Crippen molar-refractivity contribution in [2.75, 3.05) is 13.2 Å². The first-order chi connectivity index (χ1) is 14.8. The van der Waals surface area contributed by atoms with Gasteiger partial charge >= 0.3 is 6.03 Å². The third kappa shape index (κ3) is 3.90. The van der Waals surface area contributed by atoms with E-state index in [0.717, 1.165) is 23.2 Å². The van der Waals surface area contributed by atoms with Crippen molar-refractivity contribution in [3.05, 3.63) is 64.0 Å². The van der Waals surface area contributed by atoms with Crippen molar-refractivity contribution >= 4 is 17.8 Å². The number of amides is 4. The number of aromatic nitrogens is 1. The zero-order chi connectivity index (χ0) is 22.2. The minimum Gasteiger partial charge on any atom is -0.378 e. The highest BCUT2D eigenvalue weighted by Gasteiger charge is 2.54. The first-order valence-electron chi connectivity index (χ1n) is 10.3. The molecule has 162 valence electrons. The van der Waals surface area contributed by atoms with Crippen LogP contribution in [-0.4, -0.2) is 47.6 Å². The molecule has 1 spiro atoms. The van der Waals surface area contributed by atoms with Crippen LogP contribution < -0.4 is 16.0 Å². The lowest BCUT2D eigenvalue weighted by molar-refractivity contribution is -0.130. The maximum Gasteiger partial charge on any atom is 0.322 e. The van der Waals surface area contributed by atoms with Crippen molar-refractivity contribution in [1.29, 1.82) is 0 Å². The molecule has 2 fully saturated rings. The molecule has 1 aromatic carbocycles. The first kappa shape index (κ1) is 21.0. The van der Waals surface area contributed by atoms with Gasteiger partial charge in [0.25, 0.3) is 11.8 Å². The summed E-state index contributed by atoms with van der Waals surface area (Å²) in [6, 6.07) is 6.31. The van der Waals surface area contributed by atoms with Gasteiger partial charge < -0.3 is 15.4 Å². The maximum absolute atomic E-state index is 12.9. The Kier molecular flexibility index (Phi) is 5.49. The Balaban J connectivity index is 1.48.